The molecule has 1 nitrogen and oxygen atoms in total. The van der Waals surface area contributed by atoms with Gasteiger partial charge in [0, 0.05) is 21.5 Å². The Morgan fingerprint density at radius 2 is 1.81 bits per heavy atom. The van der Waals surface area contributed by atoms with E-state index in [1.54, 1.807) is 0 Å². The molecule has 0 fully saturated rings. The van der Waals surface area contributed by atoms with Crippen molar-refractivity contribution in [2.45, 2.75) is 40.3 Å². The summed E-state index contributed by atoms with van der Waals surface area (Å²) in [6.07, 6.45) is 0. The fourth-order valence-electron chi connectivity index (χ4n) is 1.23. The van der Waals surface area contributed by atoms with Crippen molar-refractivity contribution in [1.82, 2.24) is 5.32 Å². The lowest BCUT2D eigenvalue weighted by molar-refractivity contribution is 0.285. The summed E-state index contributed by atoms with van der Waals surface area (Å²) in [6.45, 7) is 9.89. The van der Waals surface area contributed by atoms with Gasteiger partial charge in [-0.15, -0.1) is 0 Å². The van der Waals surface area contributed by atoms with E-state index in [0.717, 1.165) is 15.5 Å². The summed E-state index contributed by atoms with van der Waals surface area (Å²) in [5.74, 6) is 0. The first-order valence-corrected chi connectivity index (χ1v) is 7.06. The van der Waals surface area contributed by atoms with Crippen LogP contribution >= 0.6 is 31.9 Å². The highest BCUT2D eigenvalue weighted by Gasteiger charge is 2.18. The molecular weight excluding hydrogens is 330 g/mol. The lowest BCUT2D eigenvalue weighted by atomic mass is 9.88. The summed E-state index contributed by atoms with van der Waals surface area (Å²) in [4.78, 5) is 0. The Kier molecular flexibility index (Phi) is 5.02. The SMILES string of the molecule is CC(NCc1ccc(Br)c(Br)c1)C(C)(C)C. The van der Waals surface area contributed by atoms with Crippen LogP contribution in [0.25, 0.3) is 0 Å². The molecule has 1 aromatic carbocycles. The zero-order valence-electron chi connectivity index (χ0n) is 10.3. The Bertz CT molecular complexity index is 355. The van der Waals surface area contributed by atoms with Gasteiger partial charge in [0.25, 0.3) is 0 Å². The van der Waals surface area contributed by atoms with Crippen LogP contribution in [0.1, 0.15) is 33.3 Å². The van der Waals surface area contributed by atoms with Gasteiger partial charge in [-0.3, -0.25) is 0 Å². The minimum Gasteiger partial charge on any atom is -0.310 e. The zero-order valence-corrected chi connectivity index (χ0v) is 13.4. The third-order valence-electron chi connectivity index (χ3n) is 2.90. The number of nitrogens with one attached hydrogen (secondary N) is 1. The van der Waals surface area contributed by atoms with Crippen LogP contribution in [-0.2, 0) is 6.54 Å². The van der Waals surface area contributed by atoms with Crippen molar-refractivity contribution in [3.63, 3.8) is 0 Å². The van der Waals surface area contributed by atoms with E-state index in [9.17, 15) is 0 Å². The molecule has 1 atom stereocenters. The number of hydrogen-bond donors (Lipinski definition) is 1. The van der Waals surface area contributed by atoms with Crippen molar-refractivity contribution in [2.24, 2.45) is 5.41 Å². The van der Waals surface area contributed by atoms with Crippen molar-refractivity contribution in [3.05, 3.63) is 32.7 Å². The maximum Gasteiger partial charge on any atom is 0.0320 e. The zero-order chi connectivity index (χ0) is 12.3. The van der Waals surface area contributed by atoms with Crippen molar-refractivity contribution in [3.8, 4) is 0 Å². The van der Waals surface area contributed by atoms with Gasteiger partial charge in [0.1, 0.15) is 0 Å². The second kappa shape index (κ2) is 5.65. The Balaban J connectivity index is 2.58. The first-order valence-electron chi connectivity index (χ1n) is 5.48. The molecule has 1 N–H and O–H groups in total. The van der Waals surface area contributed by atoms with Gasteiger partial charge in [0.2, 0.25) is 0 Å². The molecule has 0 aromatic heterocycles. The average Bonchev–Trinajstić information content (AvgIpc) is 2.18. The summed E-state index contributed by atoms with van der Waals surface area (Å²) in [5.41, 5.74) is 1.60. The van der Waals surface area contributed by atoms with Gasteiger partial charge in [0.15, 0.2) is 0 Å². The van der Waals surface area contributed by atoms with Gasteiger partial charge in [-0.2, -0.15) is 0 Å². The van der Waals surface area contributed by atoms with Crippen molar-refractivity contribution in [1.29, 1.82) is 0 Å². The molecule has 0 saturated carbocycles. The first kappa shape index (κ1) is 14.2. The Hall–Kier alpha value is 0.140. The van der Waals surface area contributed by atoms with E-state index in [-0.39, 0.29) is 0 Å². The predicted molar refractivity (Wildman–Crippen MR) is 77.6 cm³/mol. The van der Waals surface area contributed by atoms with Crippen LogP contribution in [0.5, 0.6) is 0 Å². The predicted octanol–water partition coefficient (Wildman–Crippen LogP) is 4.74. The summed E-state index contributed by atoms with van der Waals surface area (Å²) in [6, 6.07) is 6.85. The van der Waals surface area contributed by atoms with Gasteiger partial charge < -0.3 is 5.32 Å². The lowest BCUT2D eigenvalue weighted by Crippen LogP contribution is -2.37. The second-order valence-corrected chi connectivity index (χ2v) is 6.93. The Morgan fingerprint density at radius 1 is 1.19 bits per heavy atom. The van der Waals surface area contributed by atoms with E-state index in [2.05, 4.69) is 83.1 Å². The highest BCUT2D eigenvalue weighted by atomic mass is 79.9. The number of halogens is 2. The van der Waals surface area contributed by atoms with Crippen LogP contribution in [0.4, 0.5) is 0 Å². The Labute approximate surface area is 115 Å². The highest BCUT2D eigenvalue weighted by Crippen LogP contribution is 2.24. The second-order valence-electron chi connectivity index (χ2n) is 5.22. The molecule has 0 heterocycles. The van der Waals surface area contributed by atoms with E-state index >= 15 is 0 Å². The molecular formula is C13H19Br2N. The number of hydrogen-bond acceptors (Lipinski definition) is 1. The van der Waals surface area contributed by atoms with Gasteiger partial charge in [0.05, 0.1) is 0 Å². The monoisotopic (exact) mass is 347 g/mol. The summed E-state index contributed by atoms with van der Waals surface area (Å²) in [7, 11) is 0. The minimum atomic E-state index is 0.298. The van der Waals surface area contributed by atoms with E-state index in [1.807, 2.05) is 0 Å². The highest BCUT2D eigenvalue weighted by molar-refractivity contribution is 9.13. The van der Waals surface area contributed by atoms with Crippen LogP contribution in [0, 0.1) is 5.41 Å². The molecule has 16 heavy (non-hydrogen) atoms. The third kappa shape index (κ3) is 4.19. The van der Waals surface area contributed by atoms with E-state index in [4.69, 9.17) is 0 Å². The molecule has 0 amide bonds. The standard InChI is InChI=1S/C13H19Br2N/c1-9(13(2,3)4)16-8-10-5-6-11(14)12(15)7-10/h5-7,9,16H,8H2,1-4H3. The molecule has 0 aliphatic carbocycles. The molecule has 0 aliphatic heterocycles. The normalized spacial score (nSPS) is 13.9. The smallest absolute Gasteiger partial charge is 0.0320 e. The molecule has 0 saturated heterocycles. The summed E-state index contributed by atoms with van der Waals surface area (Å²) < 4.78 is 2.20. The number of rotatable bonds is 3. The lowest BCUT2D eigenvalue weighted by Gasteiger charge is -2.28. The first-order chi connectivity index (χ1) is 7.30. The average molecular weight is 349 g/mol. The van der Waals surface area contributed by atoms with Gasteiger partial charge in [-0.25, -0.2) is 0 Å². The topological polar surface area (TPSA) is 12.0 Å². The Morgan fingerprint density at radius 3 is 2.31 bits per heavy atom. The maximum absolute atomic E-state index is 3.55. The van der Waals surface area contributed by atoms with Crippen molar-refractivity contribution in [2.75, 3.05) is 0 Å². The quantitative estimate of drug-likeness (QED) is 0.832. The molecule has 3 heteroatoms. The van der Waals surface area contributed by atoms with E-state index < -0.39 is 0 Å². The molecule has 90 valence electrons. The maximum atomic E-state index is 3.55. The largest absolute Gasteiger partial charge is 0.310 e. The molecule has 0 spiro atoms. The van der Waals surface area contributed by atoms with Crippen molar-refractivity contribution >= 4 is 31.9 Å². The molecule has 0 aliphatic rings. The van der Waals surface area contributed by atoms with Gasteiger partial charge >= 0.3 is 0 Å². The fraction of sp³-hybridized carbons (Fsp3) is 0.538. The van der Waals surface area contributed by atoms with Gasteiger partial charge in [-0.1, -0.05) is 26.8 Å². The van der Waals surface area contributed by atoms with Crippen LogP contribution < -0.4 is 5.32 Å². The number of benzene rings is 1. The van der Waals surface area contributed by atoms with Crippen LogP contribution in [0.2, 0.25) is 0 Å². The molecule has 1 rings (SSSR count). The summed E-state index contributed by atoms with van der Waals surface area (Å²) >= 11 is 6.99. The van der Waals surface area contributed by atoms with Crippen LogP contribution in [0.15, 0.2) is 27.1 Å². The molecule has 0 radical (unpaired) electrons. The van der Waals surface area contributed by atoms with E-state index in [0.29, 0.717) is 11.5 Å². The summed E-state index contributed by atoms with van der Waals surface area (Å²) in [5, 5.41) is 3.55. The third-order valence-corrected chi connectivity index (χ3v) is 4.78. The van der Waals surface area contributed by atoms with E-state index in [1.165, 1.54) is 5.56 Å². The minimum absolute atomic E-state index is 0.298. The molecule has 1 aromatic rings. The fourth-order valence-corrected chi connectivity index (χ4v) is 1.90. The van der Waals surface area contributed by atoms with Crippen molar-refractivity contribution < 1.29 is 0 Å². The molecule has 1 unspecified atom stereocenters. The molecule has 0 bridgehead atoms. The van der Waals surface area contributed by atoms with Gasteiger partial charge in [-0.05, 0) is 61.9 Å². The van der Waals surface area contributed by atoms with Crippen LogP contribution in [0.3, 0.4) is 0 Å². The van der Waals surface area contributed by atoms with Crippen LogP contribution in [-0.4, -0.2) is 6.04 Å².